The van der Waals surface area contributed by atoms with Gasteiger partial charge in [-0.05, 0) is 49.1 Å². The van der Waals surface area contributed by atoms with Crippen LogP contribution in [0, 0.1) is 6.92 Å². The fourth-order valence-corrected chi connectivity index (χ4v) is 3.75. The van der Waals surface area contributed by atoms with Gasteiger partial charge in [-0.1, -0.05) is 44.2 Å². The monoisotopic (exact) mass is 374 g/mol. The Balaban J connectivity index is 2.23. The number of amides is 1. The number of hydrogen-bond acceptors (Lipinski definition) is 3. The molecule has 0 spiro atoms. The second-order valence-corrected chi connectivity index (χ2v) is 8.04. The molecule has 0 aromatic heterocycles. The zero-order valence-corrected chi connectivity index (χ0v) is 16.5. The Labute approximate surface area is 155 Å². The highest BCUT2D eigenvalue weighted by Crippen LogP contribution is 2.18. The maximum Gasteiger partial charge on any atom is 0.252 e. The summed E-state index contributed by atoms with van der Waals surface area (Å²) in [4.78, 5) is 12.8. The van der Waals surface area contributed by atoms with Crippen LogP contribution in [0.25, 0.3) is 0 Å². The average molecular weight is 375 g/mol. The Kier molecular flexibility index (Phi) is 6.56. The number of hydrogen-bond donors (Lipinski definition) is 2. The summed E-state index contributed by atoms with van der Waals surface area (Å²) in [5.41, 5.74) is 3.33. The molecule has 0 saturated heterocycles. The molecule has 0 fully saturated rings. The summed E-state index contributed by atoms with van der Waals surface area (Å²) in [5.74, 6) is -0.289. The van der Waals surface area contributed by atoms with Crippen LogP contribution in [0.15, 0.2) is 47.4 Å². The Morgan fingerprint density at radius 2 is 1.73 bits per heavy atom. The second-order valence-electron chi connectivity index (χ2n) is 6.27. The third-order valence-corrected chi connectivity index (χ3v) is 5.88. The molecule has 2 aromatic carbocycles. The zero-order chi connectivity index (χ0) is 19.3. The van der Waals surface area contributed by atoms with Crippen molar-refractivity contribution in [3.8, 4) is 0 Å². The summed E-state index contributed by atoms with van der Waals surface area (Å²) in [7, 11) is -3.60. The normalized spacial score (nSPS) is 12.6. The first kappa shape index (κ1) is 20.1. The van der Waals surface area contributed by atoms with E-state index in [4.69, 9.17) is 0 Å². The lowest BCUT2D eigenvalue weighted by molar-refractivity contribution is 0.0939. The quantitative estimate of drug-likeness (QED) is 0.780. The number of aryl methyl sites for hydroxylation is 2. The van der Waals surface area contributed by atoms with Crippen LogP contribution in [0.5, 0.6) is 0 Å². The molecular weight excluding hydrogens is 348 g/mol. The summed E-state index contributed by atoms with van der Waals surface area (Å²) >= 11 is 0. The van der Waals surface area contributed by atoms with E-state index in [1.165, 1.54) is 17.7 Å². The van der Waals surface area contributed by atoms with Crippen LogP contribution in [0.4, 0.5) is 0 Å². The molecule has 26 heavy (non-hydrogen) atoms. The lowest BCUT2D eigenvalue weighted by Crippen LogP contribution is -2.28. The van der Waals surface area contributed by atoms with Crippen LogP contribution in [0.1, 0.15) is 53.9 Å². The van der Waals surface area contributed by atoms with Gasteiger partial charge in [0.1, 0.15) is 0 Å². The summed E-state index contributed by atoms with van der Waals surface area (Å²) in [5, 5.41) is 2.95. The van der Waals surface area contributed by atoms with Gasteiger partial charge in [0.15, 0.2) is 0 Å². The lowest BCUT2D eigenvalue weighted by Gasteiger charge is -2.16. The van der Waals surface area contributed by atoms with Crippen LogP contribution in [0.2, 0.25) is 0 Å². The minimum absolute atomic E-state index is 0.0926. The van der Waals surface area contributed by atoms with Crippen molar-refractivity contribution in [2.75, 3.05) is 6.54 Å². The van der Waals surface area contributed by atoms with Gasteiger partial charge in [0.25, 0.3) is 5.91 Å². The highest BCUT2D eigenvalue weighted by Gasteiger charge is 2.18. The molecule has 2 aromatic rings. The van der Waals surface area contributed by atoms with Gasteiger partial charge in [0.05, 0.1) is 10.9 Å². The fraction of sp³-hybridized carbons (Fsp3) is 0.350. The highest BCUT2D eigenvalue weighted by atomic mass is 32.2. The molecule has 1 amide bonds. The van der Waals surface area contributed by atoms with E-state index in [1.807, 2.05) is 31.2 Å². The lowest BCUT2D eigenvalue weighted by atomic mass is 10.0. The molecule has 2 N–H and O–H groups in total. The molecule has 0 aliphatic rings. The SMILES string of the molecule is CCNS(=O)(=O)c1ccc(C)c(C(=O)NC(C)c2ccc(CC)cc2)c1. The molecule has 1 unspecified atom stereocenters. The molecule has 140 valence electrons. The van der Waals surface area contributed by atoms with Crippen LogP contribution in [-0.4, -0.2) is 20.9 Å². The molecule has 0 saturated carbocycles. The van der Waals surface area contributed by atoms with E-state index in [0.717, 1.165) is 17.5 Å². The highest BCUT2D eigenvalue weighted by molar-refractivity contribution is 7.89. The predicted octanol–water partition coefficient (Wildman–Crippen LogP) is 3.35. The second kappa shape index (κ2) is 8.47. The number of carbonyl (C=O) groups excluding carboxylic acids is 1. The first-order valence-electron chi connectivity index (χ1n) is 8.78. The molecule has 2 rings (SSSR count). The molecule has 0 radical (unpaired) electrons. The Hall–Kier alpha value is -2.18. The van der Waals surface area contributed by atoms with Crippen molar-refractivity contribution in [2.24, 2.45) is 0 Å². The molecular formula is C20H26N2O3S. The van der Waals surface area contributed by atoms with Gasteiger partial charge in [-0.3, -0.25) is 4.79 Å². The average Bonchev–Trinajstić information content (AvgIpc) is 2.61. The van der Waals surface area contributed by atoms with Gasteiger partial charge < -0.3 is 5.32 Å². The number of rotatable bonds is 7. The Morgan fingerprint density at radius 3 is 2.31 bits per heavy atom. The maximum absolute atomic E-state index is 12.7. The zero-order valence-electron chi connectivity index (χ0n) is 15.7. The Bertz CT molecular complexity index is 874. The van der Waals surface area contributed by atoms with E-state index in [9.17, 15) is 13.2 Å². The van der Waals surface area contributed by atoms with Gasteiger partial charge in [0, 0.05) is 12.1 Å². The number of benzene rings is 2. The predicted molar refractivity (Wildman–Crippen MR) is 104 cm³/mol. The number of carbonyl (C=O) groups is 1. The van der Waals surface area contributed by atoms with Crippen molar-refractivity contribution in [1.82, 2.24) is 10.0 Å². The summed E-state index contributed by atoms with van der Waals surface area (Å²) in [6.45, 7) is 7.80. The summed E-state index contributed by atoms with van der Waals surface area (Å²) in [6.07, 6.45) is 0.966. The number of nitrogens with one attached hydrogen (secondary N) is 2. The van der Waals surface area contributed by atoms with E-state index >= 15 is 0 Å². The van der Waals surface area contributed by atoms with Crippen molar-refractivity contribution >= 4 is 15.9 Å². The maximum atomic E-state index is 12.7. The van der Waals surface area contributed by atoms with Crippen LogP contribution >= 0.6 is 0 Å². The minimum atomic E-state index is -3.60. The van der Waals surface area contributed by atoms with Crippen LogP contribution < -0.4 is 10.0 Å². The van der Waals surface area contributed by atoms with Gasteiger partial charge in [-0.25, -0.2) is 13.1 Å². The van der Waals surface area contributed by atoms with E-state index in [0.29, 0.717) is 12.1 Å². The summed E-state index contributed by atoms with van der Waals surface area (Å²) < 4.78 is 26.8. The van der Waals surface area contributed by atoms with E-state index < -0.39 is 10.0 Å². The smallest absolute Gasteiger partial charge is 0.252 e. The van der Waals surface area contributed by atoms with E-state index in [-0.39, 0.29) is 16.8 Å². The van der Waals surface area contributed by atoms with Crippen molar-refractivity contribution in [3.63, 3.8) is 0 Å². The number of sulfonamides is 1. The molecule has 0 bridgehead atoms. The Morgan fingerprint density at radius 1 is 1.08 bits per heavy atom. The third kappa shape index (κ3) is 4.71. The van der Waals surface area contributed by atoms with Gasteiger partial charge >= 0.3 is 0 Å². The third-order valence-electron chi connectivity index (χ3n) is 4.33. The van der Waals surface area contributed by atoms with E-state index in [2.05, 4.69) is 17.0 Å². The molecule has 0 aliphatic carbocycles. The topological polar surface area (TPSA) is 75.3 Å². The molecule has 0 heterocycles. The fourth-order valence-electron chi connectivity index (χ4n) is 2.69. The van der Waals surface area contributed by atoms with Crippen molar-refractivity contribution < 1.29 is 13.2 Å². The van der Waals surface area contributed by atoms with Gasteiger partial charge in [0.2, 0.25) is 10.0 Å². The van der Waals surface area contributed by atoms with Crippen LogP contribution in [0.3, 0.4) is 0 Å². The van der Waals surface area contributed by atoms with Crippen molar-refractivity contribution in [3.05, 3.63) is 64.7 Å². The molecule has 6 heteroatoms. The first-order chi connectivity index (χ1) is 12.3. The first-order valence-corrected chi connectivity index (χ1v) is 10.3. The summed E-state index contributed by atoms with van der Waals surface area (Å²) in [6, 6.07) is 12.5. The van der Waals surface area contributed by atoms with Crippen LogP contribution in [-0.2, 0) is 16.4 Å². The minimum Gasteiger partial charge on any atom is -0.346 e. The molecule has 5 nitrogen and oxygen atoms in total. The largest absolute Gasteiger partial charge is 0.346 e. The van der Waals surface area contributed by atoms with Gasteiger partial charge in [-0.15, -0.1) is 0 Å². The molecule has 0 aliphatic heterocycles. The molecule has 1 atom stereocenters. The van der Waals surface area contributed by atoms with Gasteiger partial charge in [-0.2, -0.15) is 0 Å². The van der Waals surface area contributed by atoms with E-state index in [1.54, 1.807) is 19.9 Å². The van der Waals surface area contributed by atoms with Crippen molar-refractivity contribution in [1.29, 1.82) is 0 Å². The van der Waals surface area contributed by atoms with Crippen molar-refractivity contribution in [2.45, 2.75) is 45.1 Å². The standard InChI is InChI=1S/C20H26N2O3S/c1-5-16-8-10-17(11-9-16)15(4)22-20(23)19-13-18(12-7-14(19)3)26(24,25)21-6-2/h7-13,15,21H,5-6H2,1-4H3,(H,22,23).